The van der Waals surface area contributed by atoms with Crippen molar-refractivity contribution >= 4 is 27.6 Å². The topological polar surface area (TPSA) is 98.9 Å². The smallest absolute Gasteiger partial charge is 0.275 e. The zero-order chi connectivity index (χ0) is 21.8. The van der Waals surface area contributed by atoms with E-state index in [1.807, 2.05) is 6.07 Å². The van der Waals surface area contributed by atoms with E-state index in [1.165, 1.54) is 15.6 Å². The van der Waals surface area contributed by atoms with Crippen molar-refractivity contribution < 1.29 is 4.79 Å². The van der Waals surface area contributed by atoms with Gasteiger partial charge in [0.2, 0.25) is 5.91 Å². The second kappa shape index (κ2) is 8.63. The van der Waals surface area contributed by atoms with Crippen LogP contribution in [0.4, 0.5) is 0 Å². The fourth-order valence-corrected chi connectivity index (χ4v) is 3.39. The van der Waals surface area contributed by atoms with Crippen LogP contribution in [0.25, 0.3) is 21.7 Å². The van der Waals surface area contributed by atoms with Gasteiger partial charge in [0.25, 0.3) is 11.1 Å². The minimum atomic E-state index is -0.271. The van der Waals surface area contributed by atoms with Crippen molar-refractivity contribution in [3.05, 3.63) is 81.3 Å². The number of aryl methyl sites for hydroxylation is 1. The van der Waals surface area contributed by atoms with Crippen LogP contribution >= 0.6 is 0 Å². The van der Waals surface area contributed by atoms with E-state index in [-0.39, 0.29) is 43.1 Å². The van der Waals surface area contributed by atoms with Crippen molar-refractivity contribution in [2.45, 2.75) is 26.1 Å². The molecule has 0 saturated carbocycles. The average Bonchev–Trinajstić information content (AvgIpc) is 2.80. The monoisotopic (exact) mass is 413 g/mol. The summed E-state index contributed by atoms with van der Waals surface area (Å²) in [6, 6.07) is 14.1. The van der Waals surface area contributed by atoms with Gasteiger partial charge in [0.15, 0.2) is 0 Å². The first-order valence-electron chi connectivity index (χ1n) is 9.71. The van der Waals surface area contributed by atoms with Crippen LogP contribution in [0.15, 0.2) is 64.4 Å². The predicted octanol–water partition coefficient (Wildman–Crippen LogP) is 1.45. The summed E-state index contributed by atoms with van der Waals surface area (Å²) >= 11 is 0. The van der Waals surface area contributed by atoms with Crippen molar-refractivity contribution in [2.75, 3.05) is 0 Å². The Bertz CT molecular complexity index is 1450. The van der Waals surface area contributed by atoms with Crippen LogP contribution in [0.3, 0.4) is 0 Å². The standard InChI is InChI=1S/C23H19N5O3/c1-2-12-28-23(31)17-8-4-3-7-16(17)20(26-28)14-24-21(29)11-13-27-15-25-19-10-6-5-9-18(19)22(27)30/h1,3-10,15H,11-14H2,(H,24,29). The maximum absolute atomic E-state index is 12.5. The van der Waals surface area contributed by atoms with Crippen LogP contribution in [0.1, 0.15) is 12.1 Å². The zero-order valence-electron chi connectivity index (χ0n) is 16.6. The number of aromatic nitrogens is 4. The van der Waals surface area contributed by atoms with Gasteiger partial charge in [-0.25, -0.2) is 9.67 Å². The molecule has 8 heteroatoms. The molecule has 4 rings (SSSR count). The first-order chi connectivity index (χ1) is 15.1. The van der Waals surface area contributed by atoms with Gasteiger partial charge in [0.1, 0.15) is 6.54 Å². The number of para-hydroxylation sites is 1. The summed E-state index contributed by atoms with van der Waals surface area (Å²) in [5, 5.41) is 8.78. The number of nitrogens with zero attached hydrogens (tertiary/aromatic N) is 4. The molecule has 8 nitrogen and oxygen atoms in total. The second-order valence-electron chi connectivity index (χ2n) is 6.95. The first kappa shape index (κ1) is 20.0. The van der Waals surface area contributed by atoms with Crippen LogP contribution in [0.2, 0.25) is 0 Å². The van der Waals surface area contributed by atoms with Gasteiger partial charge in [-0.3, -0.25) is 19.0 Å². The van der Waals surface area contributed by atoms with Crippen LogP contribution in [0.5, 0.6) is 0 Å². The van der Waals surface area contributed by atoms with Crippen molar-refractivity contribution in [3.8, 4) is 12.3 Å². The zero-order valence-corrected chi connectivity index (χ0v) is 16.6. The summed E-state index contributed by atoms with van der Waals surface area (Å²) < 4.78 is 2.63. The van der Waals surface area contributed by atoms with Crippen LogP contribution < -0.4 is 16.4 Å². The Morgan fingerprint density at radius 2 is 1.71 bits per heavy atom. The number of carbonyl (C=O) groups excluding carboxylic acids is 1. The lowest BCUT2D eigenvalue weighted by molar-refractivity contribution is -0.121. The molecule has 0 radical (unpaired) electrons. The number of rotatable bonds is 6. The highest BCUT2D eigenvalue weighted by atomic mass is 16.2. The van der Waals surface area contributed by atoms with E-state index >= 15 is 0 Å². The maximum atomic E-state index is 12.5. The van der Waals surface area contributed by atoms with Gasteiger partial charge in [-0.1, -0.05) is 36.3 Å². The third-order valence-corrected chi connectivity index (χ3v) is 4.95. The van der Waals surface area contributed by atoms with Gasteiger partial charge >= 0.3 is 0 Å². The largest absolute Gasteiger partial charge is 0.350 e. The number of nitrogens with one attached hydrogen (secondary N) is 1. The predicted molar refractivity (Wildman–Crippen MR) is 117 cm³/mol. The SMILES string of the molecule is C#CCn1nc(CNC(=O)CCn2cnc3ccccc3c2=O)c2ccccc2c1=O. The average molecular weight is 413 g/mol. The normalized spacial score (nSPS) is 10.8. The minimum absolute atomic E-state index is 0.0441. The number of carbonyl (C=O) groups is 1. The lowest BCUT2D eigenvalue weighted by atomic mass is 10.1. The lowest BCUT2D eigenvalue weighted by Gasteiger charge is -2.11. The quantitative estimate of drug-likeness (QED) is 0.483. The molecule has 2 heterocycles. The molecule has 1 amide bonds. The molecule has 2 aromatic carbocycles. The van der Waals surface area contributed by atoms with Crippen molar-refractivity contribution in [2.24, 2.45) is 0 Å². The third kappa shape index (κ3) is 4.07. The van der Waals surface area contributed by atoms with Crippen LogP contribution in [-0.4, -0.2) is 25.2 Å². The van der Waals surface area contributed by atoms with E-state index in [1.54, 1.807) is 42.5 Å². The Labute approximate surface area is 177 Å². The Morgan fingerprint density at radius 3 is 2.48 bits per heavy atom. The number of amides is 1. The molecule has 0 aliphatic carbocycles. The van der Waals surface area contributed by atoms with Crippen LogP contribution in [-0.2, 0) is 24.4 Å². The highest BCUT2D eigenvalue weighted by Gasteiger charge is 2.12. The van der Waals surface area contributed by atoms with Crippen molar-refractivity contribution in [3.63, 3.8) is 0 Å². The number of benzene rings is 2. The van der Waals surface area contributed by atoms with E-state index in [0.29, 0.717) is 27.4 Å². The Balaban J connectivity index is 1.48. The van der Waals surface area contributed by atoms with Gasteiger partial charge < -0.3 is 5.32 Å². The van der Waals surface area contributed by atoms with E-state index in [4.69, 9.17) is 6.42 Å². The second-order valence-corrected chi connectivity index (χ2v) is 6.95. The molecule has 0 saturated heterocycles. The molecular formula is C23H19N5O3. The fraction of sp³-hybridized carbons (Fsp3) is 0.174. The summed E-state index contributed by atoms with van der Waals surface area (Å²) in [4.78, 5) is 41.7. The van der Waals surface area contributed by atoms with Gasteiger partial charge in [-0.15, -0.1) is 6.42 Å². The summed E-state index contributed by atoms with van der Waals surface area (Å²) in [5.74, 6) is 2.16. The van der Waals surface area contributed by atoms with E-state index in [2.05, 4.69) is 21.3 Å². The molecule has 0 fully saturated rings. The van der Waals surface area contributed by atoms with E-state index < -0.39 is 0 Å². The minimum Gasteiger partial charge on any atom is -0.350 e. The van der Waals surface area contributed by atoms with E-state index in [0.717, 1.165) is 0 Å². The van der Waals surface area contributed by atoms with Gasteiger partial charge in [0.05, 0.1) is 34.9 Å². The van der Waals surface area contributed by atoms with E-state index in [9.17, 15) is 14.4 Å². The first-order valence-corrected chi connectivity index (χ1v) is 9.71. The van der Waals surface area contributed by atoms with Gasteiger partial charge in [-0.05, 0) is 18.2 Å². The molecule has 0 atom stereocenters. The Morgan fingerprint density at radius 1 is 1.00 bits per heavy atom. The third-order valence-electron chi connectivity index (χ3n) is 4.95. The molecule has 2 aromatic heterocycles. The fourth-order valence-electron chi connectivity index (χ4n) is 3.39. The molecule has 0 aliphatic rings. The van der Waals surface area contributed by atoms with Crippen molar-refractivity contribution in [1.82, 2.24) is 24.6 Å². The molecule has 154 valence electrons. The highest BCUT2D eigenvalue weighted by Crippen LogP contribution is 2.13. The van der Waals surface area contributed by atoms with Gasteiger partial charge in [0, 0.05) is 18.4 Å². The van der Waals surface area contributed by atoms with Gasteiger partial charge in [-0.2, -0.15) is 5.10 Å². The number of hydrogen-bond donors (Lipinski definition) is 1. The molecule has 4 aromatic rings. The lowest BCUT2D eigenvalue weighted by Crippen LogP contribution is -2.30. The Hall–Kier alpha value is -4.25. The summed E-state index contributed by atoms with van der Waals surface area (Å²) in [6.45, 7) is 0.380. The molecule has 0 bridgehead atoms. The highest BCUT2D eigenvalue weighted by molar-refractivity contribution is 5.84. The summed E-state index contributed by atoms with van der Waals surface area (Å²) in [5.41, 5.74) is 0.704. The summed E-state index contributed by atoms with van der Waals surface area (Å²) in [6.07, 6.45) is 6.88. The molecule has 0 spiro atoms. The Kier molecular flexibility index (Phi) is 5.58. The number of fused-ring (bicyclic) bond motifs is 2. The molecule has 0 unspecified atom stereocenters. The summed E-state index contributed by atoms with van der Waals surface area (Å²) in [7, 11) is 0. The maximum Gasteiger partial charge on any atom is 0.275 e. The molecule has 1 N–H and O–H groups in total. The van der Waals surface area contributed by atoms with Crippen LogP contribution in [0, 0.1) is 12.3 Å². The molecule has 0 aliphatic heterocycles. The number of hydrogen-bond acceptors (Lipinski definition) is 5. The van der Waals surface area contributed by atoms with Crippen molar-refractivity contribution in [1.29, 1.82) is 0 Å². The number of terminal acetylenes is 1. The molecule has 31 heavy (non-hydrogen) atoms. The molecular weight excluding hydrogens is 394 g/mol.